The van der Waals surface area contributed by atoms with Crippen LogP contribution in [0.25, 0.3) is 0 Å². The molecule has 2 aromatic rings. The molecule has 0 saturated carbocycles. The van der Waals surface area contributed by atoms with Gasteiger partial charge in [0.2, 0.25) is 5.91 Å². The van der Waals surface area contributed by atoms with Crippen molar-refractivity contribution in [2.45, 2.75) is 37.8 Å². The van der Waals surface area contributed by atoms with Crippen molar-refractivity contribution < 1.29 is 14.3 Å². The number of hydrogen-bond acceptors (Lipinski definition) is 8. The molecule has 0 atom stereocenters. The van der Waals surface area contributed by atoms with Crippen LogP contribution >= 0.6 is 23.1 Å². The Labute approximate surface area is 157 Å². The molecule has 10 heteroatoms. The number of ether oxygens (including phenoxy) is 1. The monoisotopic (exact) mass is 394 g/mol. The van der Waals surface area contributed by atoms with Crippen LogP contribution in [-0.4, -0.2) is 39.2 Å². The number of nitrogens with one attached hydrogen (secondary N) is 2. The molecule has 0 bridgehead atoms. The average Bonchev–Trinajstić information content (AvgIpc) is 3.23. The Balaban J connectivity index is 1.52. The molecule has 2 heterocycles. The highest BCUT2D eigenvalue weighted by molar-refractivity contribution is 7.99. The summed E-state index contributed by atoms with van der Waals surface area (Å²) in [6.07, 6.45) is 2.59. The number of aromatic nitrogens is 3. The molecule has 0 fully saturated rings. The van der Waals surface area contributed by atoms with E-state index in [2.05, 4.69) is 20.3 Å². The topological polar surface area (TPSA) is 114 Å². The van der Waals surface area contributed by atoms with Crippen LogP contribution in [0.4, 0.5) is 5.13 Å². The van der Waals surface area contributed by atoms with Gasteiger partial charge in [-0.25, -0.2) is 9.97 Å². The van der Waals surface area contributed by atoms with Gasteiger partial charge in [-0.15, -0.1) is 11.3 Å². The molecule has 0 aromatic carbocycles. The number of esters is 1. The van der Waals surface area contributed by atoms with Gasteiger partial charge in [0.05, 0.1) is 30.2 Å². The molecule has 0 unspecified atom stereocenters. The number of amides is 1. The molecule has 2 aromatic heterocycles. The third-order valence-electron chi connectivity index (χ3n) is 3.69. The Morgan fingerprint density at radius 3 is 3.04 bits per heavy atom. The van der Waals surface area contributed by atoms with Crippen molar-refractivity contribution in [1.82, 2.24) is 15.0 Å². The zero-order chi connectivity index (χ0) is 18.5. The number of thiazole rings is 1. The molecular formula is C16H18N4O4S2. The second kappa shape index (κ2) is 8.45. The van der Waals surface area contributed by atoms with Crippen LogP contribution in [0.3, 0.4) is 0 Å². The maximum atomic E-state index is 12.1. The standard InChI is InChI=1S/C16H18N4O4S2/c1-2-24-13(22)6-9-7-25-15(17-9)19-12(21)8-26-16-18-11-5-3-4-10(11)14(23)20-16/h7H,2-6,8H2,1H3,(H,17,19,21)(H,18,20,23). The molecular weight excluding hydrogens is 376 g/mol. The van der Waals surface area contributed by atoms with E-state index in [0.717, 1.165) is 30.5 Å². The highest BCUT2D eigenvalue weighted by Gasteiger charge is 2.18. The first-order valence-electron chi connectivity index (χ1n) is 8.20. The maximum Gasteiger partial charge on any atom is 0.311 e. The van der Waals surface area contributed by atoms with Crippen LogP contribution in [-0.2, 0) is 33.6 Å². The van der Waals surface area contributed by atoms with Crippen molar-refractivity contribution in [3.8, 4) is 0 Å². The lowest BCUT2D eigenvalue weighted by Crippen LogP contribution is -2.17. The molecule has 1 aliphatic carbocycles. The zero-order valence-electron chi connectivity index (χ0n) is 14.2. The van der Waals surface area contributed by atoms with Crippen molar-refractivity contribution in [1.29, 1.82) is 0 Å². The van der Waals surface area contributed by atoms with Gasteiger partial charge in [0, 0.05) is 10.9 Å². The number of aryl methyl sites for hydroxylation is 1. The van der Waals surface area contributed by atoms with Gasteiger partial charge in [0.1, 0.15) is 0 Å². The van der Waals surface area contributed by atoms with Crippen molar-refractivity contribution in [3.05, 3.63) is 32.7 Å². The summed E-state index contributed by atoms with van der Waals surface area (Å²) >= 11 is 2.42. The van der Waals surface area contributed by atoms with Gasteiger partial charge in [0.15, 0.2) is 10.3 Å². The molecule has 26 heavy (non-hydrogen) atoms. The van der Waals surface area contributed by atoms with Crippen LogP contribution < -0.4 is 10.9 Å². The smallest absolute Gasteiger partial charge is 0.311 e. The zero-order valence-corrected chi connectivity index (χ0v) is 15.8. The van der Waals surface area contributed by atoms with Gasteiger partial charge in [-0.3, -0.25) is 14.4 Å². The van der Waals surface area contributed by atoms with E-state index in [-0.39, 0.29) is 29.6 Å². The maximum absolute atomic E-state index is 12.1. The Bertz CT molecular complexity index is 877. The molecule has 0 radical (unpaired) electrons. The number of anilines is 1. The summed E-state index contributed by atoms with van der Waals surface area (Å²) in [6.45, 7) is 2.06. The molecule has 2 N–H and O–H groups in total. The number of fused-ring (bicyclic) bond motifs is 1. The second-order valence-electron chi connectivity index (χ2n) is 5.61. The lowest BCUT2D eigenvalue weighted by molar-refractivity contribution is -0.142. The average molecular weight is 394 g/mol. The van der Waals surface area contributed by atoms with E-state index in [1.165, 1.54) is 23.1 Å². The fourth-order valence-corrected chi connectivity index (χ4v) is 3.99. The summed E-state index contributed by atoms with van der Waals surface area (Å²) in [7, 11) is 0. The second-order valence-corrected chi connectivity index (χ2v) is 7.43. The molecule has 1 amide bonds. The fraction of sp³-hybridized carbons (Fsp3) is 0.438. The van der Waals surface area contributed by atoms with Gasteiger partial charge >= 0.3 is 5.97 Å². The quantitative estimate of drug-likeness (QED) is 0.416. The molecule has 1 aliphatic rings. The number of carbonyl (C=O) groups excluding carboxylic acids is 2. The third-order valence-corrected chi connectivity index (χ3v) is 5.37. The van der Waals surface area contributed by atoms with Gasteiger partial charge < -0.3 is 15.0 Å². The van der Waals surface area contributed by atoms with Gasteiger partial charge in [-0.05, 0) is 26.2 Å². The van der Waals surface area contributed by atoms with Gasteiger partial charge in [0.25, 0.3) is 5.56 Å². The Kier molecular flexibility index (Phi) is 6.04. The van der Waals surface area contributed by atoms with Crippen molar-refractivity contribution in [3.63, 3.8) is 0 Å². The number of aromatic amines is 1. The summed E-state index contributed by atoms with van der Waals surface area (Å²) in [4.78, 5) is 46.8. The Morgan fingerprint density at radius 2 is 2.23 bits per heavy atom. The normalized spacial score (nSPS) is 12.7. The summed E-state index contributed by atoms with van der Waals surface area (Å²) in [5.41, 5.74) is 2.04. The Hall–Kier alpha value is -2.20. The van der Waals surface area contributed by atoms with Gasteiger partial charge in [-0.2, -0.15) is 0 Å². The molecule has 0 spiro atoms. The number of hydrogen-bond donors (Lipinski definition) is 2. The number of rotatable bonds is 7. The minimum atomic E-state index is -0.349. The van der Waals surface area contributed by atoms with E-state index in [1.807, 2.05) is 0 Å². The molecule has 138 valence electrons. The van der Waals surface area contributed by atoms with E-state index < -0.39 is 0 Å². The SMILES string of the molecule is CCOC(=O)Cc1csc(NC(=O)CSc2nc3c(c(=O)[nH]2)CCC3)n1. The predicted octanol–water partition coefficient (Wildman–Crippen LogP) is 1.55. The first-order chi connectivity index (χ1) is 12.5. The highest BCUT2D eigenvalue weighted by atomic mass is 32.2. The number of thioether (sulfide) groups is 1. The molecule has 0 aliphatic heterocycles. The lowest BCUT2D eigenvalue weighted by Gasteiger charge is -2.04. The Morgan fingerprint density at radius 1 is 1.38 bits per heavy atom. The molecule has 8 nitrogen and oxygen atoms in total. The largest absolute Gasteiger partial charge is 0.466 e. The van der Waals surface area contributed by atoms with Crippen LogP contribution in [0.5, 0.6) is 0 Å². The number of H-pyrrole nitrogens is 1. The highest BCUT2D eigenvalue weighted by Crippen LogP contribution is 2.20. The summed E-state index contributed by atoms with van der Waals surface area (Å²) < 4.78 is 4.86. The van der Waals surface area contributed by atoms with Crippen LogP contribution in [0.1, 0.15) is 30.3 Å². The van der Waals surface area contributed by atoms with E-state index in [9.17, 15) is 14.4 Å². The third kappa shape index (κ3) is 4.70. The van der Waals surface area contributed by atoms with Crippen LogP contribution in [0.2, 0.25) is 0 Å². The molecule has 3 rings (SSSR count). The van der Waals surface area contributed by atoms with Crippen molar-refractivity contribution >= 4 is 40.1 Å². The summed E-state index contributed by atoms with van der Waals surface area (Å²) in [5.74, 6) is -0.498. The van der Waals surface area contributed by atoms with E-state index in [4.69, 9.17) is 4.74 Å². The first-order valence-corrected chi connectivity index (χ1v) is 10.1. The predicted molar refractivity (Wildman–Crippen MR) is 98.7 cm³/mol. The molecule has 0 saturated heterocycles. The van der Waals surface area contributed by atoms with Crippen molar-refractivity contribution in [2.75, 3.05) is 17.7 Å². The summed E-state index contributed by atoms with van der Waals surface area (Å²) in [5, 5.41) is 5.26. The minimum Gasteiger partial charge on any atom is -0.466 e. The number of nitrogens with zero attached hydrogens (tertiary/aromatic N) is 2. The first kappa shape index (κ1) is 18.6. The minimum absolute atomic E-state index is 0.0786. The van der Waals surface area contributed by atoms with E-state index in [1.54, 1.807) is 12.3 Å². The van der Waals surface area contributed by atoms with Gasteiger partial charge in [-0.1, -0.05) is 11.8 Å². The van der Waals surface area contributed by atoms with Crippen LogP contribution in [0, 0.1) is 0 Å². The lowest BCUT2D eigenvalue weighted by atomic mass is 10.3. The van der Waals surface area contributed by atoms with E-state index in [0.29, 0.717) is 22.6 Å². The van der Waals surface area contributed by atoms with Crippen LogP contribution in [0.15, 0.2) is 15.3 Å². The fourth-order valence-electron chi connectivity index (χ4n) is 2.58. The number of carbonyl (C=O) groups is 2. The van der Waals surface area contributed by atoms with Crippen molar-refractivity contribution in [2.24, 2.45) is 0 Å². The summed E-state index contributed by atoms with van der Waals surface area (Å²) in [6, 6.07) is 0. The van der Waals surface area contributed by atoms with E-state index >= 15 is 0 Å².